The monoisotopic (exact) mass is 198 g/mol. The van der Waals surface area contributed by atoms with Crippen molar-refractivity contribution in [3.63, 3.8) is 0 Å². The first-order valence-corrected chi connectivity index (χ1v) is 4.70. The van der Waals surface area contributed by atoms with Gasteiger partial charge in [0.15, 0.2) is 0 Å². The lowest BCUT2D eigenvalue weighted by molar-refractivity contribution is 0.170. The van der Waals surface area contributed by atoms with Crippen molar-refractivity contribution in [3.8, 4) is 12.3 Å². The molecule has 4 nitrogen and oxygen atoms in total. The van der Waals surface area contributed by atoms with E-state index in [0.717, 1.165) is 0 Å². The van der Waals surface area contributed by atoms with E-state index in [1.165, 1.54) is 0 Å². The van der Waals surface area contributed by atoms with Crippen LogP contribution in [0.3, 0.4) is 0 Å². The second-order valence-electron chi connectivity index (χ2n) is 2.80. The molecule has 0 saturated heterocycles. The molecule has 0 unspecified atom stereocenters. The minimum Gasteiger partial charge on any atom is -0.382 e. The Kier molecular flexibility index (Phi) is 6.59. The number of nitrogens with zero attached hydrogens (tertiary/aromatic N) is 1. The van der Waals surface area contributed by atoms with Crippen molar-refractivity contribution in [1.29, 1.82) is 0 Å². The van der Waals surface area contributed by atoms with Crippen LogP contribution in [0.25, 0.3) is 0 Å². The van der Waals surface area contributed by atoms with E-state index >= 15 is 0 Å². The van der Waals surface area contributed by atoms with Gasteiger partial charge in [-0.1, -0.05) is 5.92 Å². The smallest absolute Gasteiger partial charge is 0.318 e. The van der Waals surface area contributed by atoms with Gasteiger partial charge < -0.3 is 15.0 Å². The predicted molar refractivity (Wildman–Crippen MR) is 55.9 cm³/mol. The highest BCUT2D eigenvalue weighted by Crippen LogP contribution is 1.91. The number of carbonyl (C=O) groups is 1. The minimum atomic E-state index is -0.354. The van der Waals surface area contributed by atoms with Crippen LogP contribution >= 0.6 is 0 Å². The maximum atomic E-state index is 11.5. The van der Waals surface area contributed by atoms with Gasteiger partial charge in [-0.15, -0.1) is 6.42 Å². The van der Waals surface area contributed by atoms with Crippen molar-refractivity contribution in [2.24, 2.45) is 0 Å². The molecule has 0 radical (unpaired) electrons. The number of hydrogen-bond acceptors (Lipinski definition) is 2. The SMILES string of the molecule is C#C[C@@H](COC)NC(=O)N(CC)CC. The molecule has 0 aliphatic heterocycles. The van der Waals surface area contributed by atoms with Gasteiger partial charge in [-0.3, -0.25) is 0 Å². The van der Waals surface area contributed by atoms with Crippen molar-refractivity contribution in [3.05, 3.63) is 0 Å². The largest absolute Gasteiger partial charge is 0.382 e. The van der Waals surface area contributed by atoms with E-state index in [2.05, 4.69) is 11.2 Å². The molecule has 4 heteroatoms. The van der Waals surface area contributed by atoms with Gasteiger partial charge in [0.2, 0.25) is 0 Å². The number of hydrogen-bond donors (Lipinski definition) is 1. The first-order valence-electron chi connectivity index (χ1n) is 4.70. The highest BCUT2D eigenvalue weighted by molar-refractivity contribution is 5.74. The van der Waals surface area contributed by atoms with Gasteiger partial charge in [-0.2, -0.15) is 0 Å². The number of ether oxygens (including phenoxy) is 1. The minimum absolute atomic E-state index is 0.144. The summed E-state index contributed by atoms with van der Waals surface area (Å²) in [5.74, 6) is 2.45. The number of nitrogens with one attached hydrogen (secondary N) is 1. The Morgan fingerprint density at radius 3 is 2.50 bits per heavy atom. The van der Waals surface area contributed by atoms with Crippen LogP contribution in [0.15, 0.2) is 0 Å². The van der Waals surface area contributed by atoms with E-state index < -0.39 is 0 Å². The van der Waals surface area contributed by atoms with Crippen LogP contribution in [0.5, 0.6) is 0 Å². The van der Waals surface area contributed by atoms with Gasteiger partial charge in [0.1, 0.15) is 6.04 Å². The Bertz CT molecular complexity index is 207. The Labute approximate surface area is 85.6 Å². The molecule has 0 aromatic carbocycles. The van der Waals surface area contributed by atoms with Crippen LogP contribution in [-0.4, -0.2) is 43.8 Å². The maximum absolute atomic E-state index is 11.5. The molecule has 1 atom stereocenters. The zero-order valence-corrected chi connectivity index (χ0v) is 9.04. The third-order valence-corrected chi connectivity index (χ3v) is 1.88. The van der Waals surface area contributed by atoms with Crippen molar-refractivity contribution in [2.75, 3.05) is 26.8 Å². The van der Waals surface area contributed by atoms with E-state index in [4.69, 9.17) is 11.2 Å². The number of methoxy groups -OCH3 is 1. The second kappa shape index (κ2) is 7.22. The van der Waals surface area contributed by atoms with Crippen LogP contribution < -0.4 is 5.32 Å². The molecule has 0 spiro atoms. The third-order valence-electron chi connectivity index (χ3n) is 1.88. The highest BCUT2D eigenvalue weighted by Gasteiger charge is 2.13. The molecule has 2 amide bonds. The number of terminal acetylenes is 1. The van der Waals surface area contributed by atoms with Gasteiger partial charge in [-0.25, -0.2) is 4.79 Å². The zero-order chi connectivity index (χ0) is 11.0. The maximum Gasteiger partial charge on any atom is 0.318 e. The fraction of sp³-hybridized carbons (Fsp3) is 0.700. The number of amides is 2. The summed E-state index contributed by atoms with van der Waals surface area (Å²) in [5.41, 5.74) is 0. The average molecular weight is 198 g/mol. The van der Waals surface area contributed by atoms with Crippen LogP contribution in [0, 0.1) is 12.3 Å². The summed E-state index contributed by atoms with van der Waals surface area (Å²) in [6.07, 6.45) is 5.23. The molecule has 0 aromatic heterocycles. The van der Waals surface area contributed by atoms with Gasteiger partial charge >= 0.3 is 6.03 Å². The second-order valence-corrected chi connectivity index (χ2v) is 2.80. The topological polar surface area (TPSA) is 41.6 Å². The van der Waals surface area contributed by atoms with Crippen LogP contribution in [-0.2, 0) is 4.74 Å². The molecule has 1 N–H and O–H groups in total. The summed E-state index contributed by atoms with van der Waals surface area (Å²) in [6.45, 7) is 5.53. The first-order chi connectivity index (χ1) is 6.69. The van der Waals surface area contributed by atoms with Crippen molar-refractivity contribution < 1.29 is 9.53 Å². The van der Waals surface area contributed by atoms with Gasteiger partial charge in [0.25, 0.3) is 0 Å². The fourth-order valence-electron chi connectivity index (χ4n) is 1.05. The van der Waals surface area contributed by atoms with Gasteiger partial charge in [0, 0.05) is 20.2 Å². The predicted octanol–water partition coefficient (Wildman–Crippen LogP) is 0.686. The Balaban J connectivity index is 4.08. The molecule has 80 valence electrons. The van der Waals surface area contributed by atoms with E-state index in [1.807, 2.05) is 13.8 Å². The normalized spacial score (nSPS) is 11.6. The summed E-state index contributed by atoms with van der Waals surface area (Å²) >= 11 is 0. The van der Waals surface area contributed by atoms with Crippen LogP contribution in [0.1, 0.15) is 13.8 Å². The lowest BCUT2D eigenvalue weighted by atomic mass is 10.3. The Morgan fingerprint density at radius 2 is 2.14 bits per heavy atom. The van der Waals surface area contributed by atoms with Gasteiger partial charge in [-0.05, 0) is 13.8 Å². The molecule has 0 aliphatic carbocycles. The highest BCUT2D eigenvalue weighted by atomic mass is 16.5. The van der Waals surface area contributed by atoms with Crippen LogP contribution in [0.4, 0.5) is 4.79 Å². The molecule has 14 heavy (non-hydrogen) atoms. The number of rotatable bonds is 5. The summed E-state index contributed by atoms with van der Waals surface area (Å²) in [5, 5.41) is 2.70. The lowest BCUT2D eigenvalue weighted by Crippen LogP contribution is -2.45. The summed E-state index contributed by atoms with van der Waals surface area (Å²) in [6, 6.07) is -0.497. The summed E-state index contributed by atoms with van der Waals surface area (Å²) in [7, 11) is 1.55. The zero-order valence-electron chi connectivity index (χ0n) is 9.04. The lowest BCUT2D eigenvalue weighted by Gasteiger charge is -2.21. The first kappa shape index (κ1) is 12.8. The van der Waals surface area contributed by atoms with Crippen molar-refractivity contribution in [1.82, 2.24) is 10.2 Å². The summed E-state index contributed by atoms with van der Waals surface area (Å²) in [4.78, 5) is 13.2. The summed E-state index contributed by atoms with van der Waals surface area (Å²) < 4.78 is 4.87. The van der Waals surface area contributed by atoms with Gasteiger partial charge in [0.05, 0.1) is 6.61 Å². The average Bonchev–Trinajstić information content (AvgIpc) is 2.19. The standard InChI is InChI=1S/C10H18N2O2/c1-5-9(8-14-4)11-10(13)12(6-2)7-3/h1,9H,6-8H2,2-4H3,(H,11,13)/t9-/m0/s1. The van der Waals surface area contributed by atoms with E-state index in [0.29, 0.717) is 19.7 Å². The van der Waals surface area contributed by atoms with E-state index in [-0.39, 0.29) is 12.1 Å². The molecule has 0 bridgehead atoms. The number of carbonyl (C=O) groups excluding carboxylic acids is 1. The number of urea groups is 1. The van der Waals surface area contributed by atoms with Crippen molar-refractivity contribution >= 4 is 6.03 Å². The molecule has 0 saturated carbocycles. The molecule has 0 rings (SSSR count). The molecular formula is C10H18N2O2. The molecule has 0 aliphatic rings. The molecule has 0 heterocycles. The molecule has 0 aromatic rings. The Hall–Kier alpha value is -1.21. The fourth-order valence-corrected chi connectivity index (χ4v) is 1.05. The third kappa shape index (κ3) is 4.15. The van der Waals surface area contributed by atoms with Crippen molar-refractivity contribution in [2.45, 2.75) is 19.9 Å². The molecular weight excluding hydrogens is 180 g/mol. The molecule has 0 fully saturated rings. The Morgan fingerprint density at radius 1 is 1.57 bits per heavy atom. The van der Waals surface area contributed by atoms with E-state index in [9.17, 15) is 4.79 Å². The van der Waals surface area contributed by atoms with E-state index in [1.54, 1.807) is 12.0 Å². The quantitative estimate of drug-likeness (QED) is 0.660. The van der Waals surface area contributed by atoms with Crippen LogP contribution in [0.2, 0.25) is 0 Å².